The van der Waals surface area contributed by atoms with E-state index >= 15 is 0 Å². The second-order valence-electron chi connectivity index (χ2n) is 5.34. The first kappa shape index (κ1) is 15.8. The van der Waals surface area contributed by atoms with Crippen LogP contribution in [0.25, 0.3) is 11.0 Å². The summed E-state index contributed by atoms with van der Waals surface area (Å²) in [5.41, 5.74) is 1.66. The summed E-state index contributed by atoms with van der Waals surface area (Å²) < 4.78 is 10.6. The van der Waals surface area contributed by atoms with Crippen molar-refractivity contribution >= 4 is 22.6 Å². The van der Waals surface area contributed by atoms with Crippen LogP contribution < -0.4 is 15.7 Å². The molecule has 0 saturated carbocycles. The second kappa shape index (κ2) is 6.58. The maximum absolute atomic E-state index is 12.6. The number of nitrogens with one attached hydrogen (secondary N) is 1. The first-order valence-electron chi connectivity index (χ1n) is 7.66. The van der Waals surface area contributed by atoms with Crippen LogP contribution in [0.3, 0.4) is 0 Å². The molecule has 0 unspecified atom stereocenters. The number of hydrogen-bond acceptors (Lipinski definition) is 4. The first-order chi connectivity index (χ1) is 11.6. The molecule has 3 rings (SSSR count). The summed E-state index contributed by atoms with van der Waals surface area (Å²) in [6.45, 7) is 4.27. The van der Waals surface area contributed by atoms with Crippen LogP contribution in [0.4, 0.5) is 5.69 Å². The summed E-state index contributed by atoms with van der Waals surface area (Å²) in [5, 5.41) is 3.39. The van der Waals surface area contributed by atoms with E-state index in [2.05, 4.69) is 5.32 Å². The smallest absolute Gasteiger partial charge is 0.337 e. The number of benzene rings is 2. The van der Waals surface area contributed by atoms with Gasteiger partial charge in [0.15, 0.2) is 0 Å². The van der Waals surface area contributed by atoms with Crippen LogP contribution in [0.5, 0.6) is 5.75 Å². The molecule has 0 radical (unpaired) electrons. The fourth-order valence-electron chi connectivity index (χ4n) is 2.49. The van der Waals surface area contributed by atoms with Gasteiger partial charge in [0.05, 0.1) is 12.2 Å². The molecule has 5 heteroatoms. The lowest BCUT2D eigenvalue weighted by Crippen LogP contribution is -2.15. The summed E-state index contributed by atoms with van der Waals surface area (Å²) in [4.78, 5) is 24.4. The van der Waals surface area contributed by atoms with Gasteiger partial charge in [0.1, 0.15) is 11.3 Å². The lowest BCUT2D eigenvalue weighted by Gasteiger charge is -2.10. The summed E-state index contributed by atoms with van der Waals surface area (Å²) in [6, 6.07) is 13.7. The van der Waals surface area contributed by atoms with Crippen LogP contribution in [-0.4, -0.2) is 12.5 Å². The zero-order chi connectivity index (χ0) is 17.1. The molecule has 0 fully saturated rings. The van der Waals surface area contributed by atoms with Gasteiger partial charge < -0.3 is 14.5 Å². The number of anilines is 1. The van der Waals surface area contributed by atoms with Crippen molar-refractivity contribution < 1.29 is 13.9 Å². The van der Waals surface area contributed by atoms with E-state index in [9.17, 15) is 9.59 Å². The van der Waals surface area contributed by atoms with E-state index in [-0.39, 0.29) is 11.5 Å². The molecule has 1 amide bonds. The normalized spacial score (nSPS) is 10.6. The number of rotatable bonds is 4. The van der Waals surface area contributed by atoms with E-state index in [0.717, 1.165) is 5.56 Å². The highest BCUT2D eigenvalue weighted by molar-refractivity contribution is 6.12. The number of carbonyl (C=O) groups excluding carboxylic acids is 1. The average Bonchev–Trinajstić information content (AvgIpc) is 2.56. The number of aryl methyl sites for hydroxylation is 1. The molecule has 0 saturated heterocycles. The Labute approximate surface area is 138 Å². The van der Waals surface area contributed by atoms with Gasteiger partial charge in [-0.25, -0.2) is 4.79 Å². The lowest BCUT2D eigenvalue weighted by atomic mass is 10.1. The number of para-hydroxylation sites is 1. The number of hydrogen-bond donors (Lipinski definition) is 1. The molecule has 0 aliphatic rings. The Morgan fingerprint density at radius 2 is 1.96 bits per heavy atom. The Morgan fingerprint density at radius 3 is 2.71 bits per heavy atom. The van der Waals surface area contributed by atoms with E-state index in [1.807, 2.05) is 38.1 Å². The topological polar surface area (TPSA) is 68.5 Å². The standard InChI is InChI=1S/C19H17NO4/c1-3-23-13-8-9-14-15(11-18(21)24-17(14)10-13)19(22)20-16-7-5-4-6-12(16)2/h4-11H,3H2,1-2H3,(H,20,22). The predicted octanol–water partition coefficient (Wildman–Crippen LogP) is 3.75. The van der Waals surface area contributed by atoms with E-state index in [0.29, 0.717) is 29.0 Å². The van der Waals surface area contributed by atoms with Gasteiger partial charge in [0.25, 0.3) is 5.91 Å². The third-order valence-corrected chi connectivity index (χ3v) is 3.66. The van der Waals surface area contributed by atoms with Crippen molar-refractivity contribution in [2.24, 2.45) is 0 Å². The van der Waals surface area contributed by atoms with Gasteiger partial charge in [-0.05, 0) is 37.6 Å². The van der Waals surface area contributed by atoms with Crippen LogP contribution in [0.15, 0.2) is 57.7 Å². The fraction of sp³-hybridized carbons (Fsp3) is 0.158. The minimum atomic E-state index is -0.578. The van der Waals surface area contributed by atoms with Crippen molar-refractivity contribution in [3.63, 3.8) is 0 Å². The zero-order valence-electron chi connectivity index (χ0n) is 13.5. The minimum absolute atomic E-state index is 0.271. The van der Waals surface area contributed by atoms with Gasteiger partial charge in [0, 0.05) is 23.2 Å². The van der Waals surface area contributed by atoms with Crippen LogP contribution in [0.2, 0.25) is 0 Å². The molecule has 3 aromatic rings. The average molecular weight is 323 g/mol. The Bertz CT molecular complexity index is 959. The van der Waals surface area contributed by atoms with Crippen LogP contribution >= 0.6 is 0 Å². The molecule has 2 aromatic carbocycles. The van der Waals surface area contributed by atoms with Crippen LogP contribution in [0, 0.1) is 6.92 Å². The van der Waals surface area contributed by atoms with Crippen molar-refractivity contribution in [3.8, 4) is 5.75 Å². The van der Waals surface area contributed by atoms with Crippen molar-refractivity contribution in [2.45, 2.75) is 13.8 Å². The number of fused-ring (bicyclic) bond motifs is 1. The fourth-order valence-corrected chi connectivity index (χ4v) is 2.49. The molecule has 0 spiro atoms. The van der Waals surface area contributed by atoms with Gasteiger partial charge in [-0.1, -0.05) is 18.2 Å². The van der Waals surface area contributed by atoms with E-state index in [1.165, 1.54) is 6.07 Å². The molecule has 1 aromatic heterocycles. The van der Waals surface area contributed by atoms with Gasteiger partial charge in [-0.2, -0.15) is 0 Å². The summed E-state index contributed by atoms with van der Waals surface area (Å²) >= 11 is 0. The Balaban J connectivity index is 2.03. The predicted molar refractivity (Wildman–Crippen MR) is 92.8 cm³/mol. The zero-order valence-corrected chi connectivity index (χ0v) is 13.5. The van der Waals surface area contributed by atoms with E-state index in [4.69, 9.17) is 9.15 Å². The van der Waals surface area contributed by atoms with Crippen LogP contribution in [0.1, 0.15) is 22.8 Å². The Hall–Kier alpha value is -3.08. The number of amides is 1. The highest BCUT2D eigenvalue weighted by atomic mass is 16.5. The molecule has 122 valence electrons. The summed E-state index contributed by atoms with van der Waals surface area (Å²) in [7, 11) is 0. The van der Waals surface area contributed by atoms with Crippen molar-refractivity contribution in [2.75, 3.05) is 11.9 Å². The maximum atomic E-state index is 12.6. The van der Waals surface area contributed by atoms with Crippen molar-refractivity contribution in [3.05, 3.63) is 70.1 Å². The molecule has 0 aliphatic carbocycles. The van der Waals surface area contributed by atoms with Crippen LogP contribution in [-0.2, 0) is 0 Å². The molecular weight excluding hydrogens is 306 g/mol. The third-order valence-electron chi connectivity index (χ3n) is 3.66. The van der Waals surface area contributed by atoms with E-state index in [1.54, 1.807) is 18.2 Å². The molecule has 0 atom stereocenters. The SMILES string of the molecule is CCOc1ccc2c(C(=O)Nc3ccccc3C)cc(=O)oc2c1. The highest BCUT2D eigenvalue weighted by Gasteiger charge is 2.14. The molecule has 0 aliphatic heterocycles. The third kappa shape index (κ3) is 3.15. The molecular formula is C19H17NO4. The quantitative estimate of drug-likeness (QED) is 0.742. The monoisotopic (exact) mass is 323 g/mol. The first-order valence-corrected chi connectivity index (χ1v) is 7.66. The lowest BCUT2D eigenvalue weighted by molar-refractivity contribution is 0.102. The second-order valence-corrected chi connectivity index (χ2v) is 5.34. The highest BCUT2D eigenvalue weighted by Crippen LogP contribution is 2.24. The molecule has 5 nitrogen and oxygen atoms in total. The molecule has 1 heterocycles. The summed E-state index contributed by atoms with van der Waals surface area (Å²) in [5.74, 6) is 0.232. The van der Waals surface area contributed by atoms with Crippen molar-refractivity contribution in [1.82, 2.24) is 0 Å². The molecule has 1 N–H and O–H groups in total. The maximum Gasteiger partial charge on any atom is 0.337 e. The van der Waals surface area contributed by atoms with Gasteiger partial charge in [-0.3, -0.25) is 4.79 Å². The van der Waals surface area contributed by atoms with Gasteiger partial charge in [-0.15, -0.1) is 0 Å². The molecule has 0 bridgehead atoms. The van der Waals surface area contributed by atoms with Crippen molar-refractivity contribution in [1.29, 1.82) is 0 Å². The summed E-state index contributed by atoms with van der Waals surface area (Å²) in [6.07, 6.45) is 0. The Kier molecular flexibility index (Phi) is 4.33. The van der Waals surface area contributed by atoms with Gasteiger partial charge in [0.2, 0.25) is 0 Å². The Morgan fingerprint density at radius 1 is 1.17 bits per heavy atom. The van der Waals surface area contributed by atoms with Gasteiger partial charge >= 0.3 is 5.63 Å². The molecule has 24 heavy (non-hydrogen) atoms. The number of carbonyl (C=O) groups is 1. The minimum Gasteiger partial charge on any atom is -0.494 e. The number of ether oxygens (including phenoxy) is 1. The van der Waals surface area contributed by atoms with E-state index < -0.39 is 5.63 Å². The largest absolute Gasteiger partial charge is 0.494 e.